The standard InChI is InChI=1S/C25H29N3O/c1-4-27(20(2)3)18-22-13-15-23(16-14-22)25(29)26-24-12-8-9-17-28(24)19-21-10-6-5-7-11-21/h5-17,20H,4,18-19H2,1-3H3. The summed E-state index contributed by atoms with van der Waals surface area (Å²) in [5.41, 5.74) is 3.64. The molecular weight excluding hydrogens is 358 g/mol. The minimum atomic E-state index is -0.222. The minimum Gasteiger partial charge on any atom is -0.328 e. The number of rotatable bonds is 7. The highest BCUT2D eigenvalue weighted by Crippen LogP contribution is 2.11. The van der Waals surface area contributed by atoms with Crippen molar-refractivity contribution in [2.45, 2.75) is 39.9 Å². The summed E-state index contributed by atoms with van der Waals surface area (Å²) in [6.07, 6.45) is 1.95. The van der Waals surface area contributed by atoms with E-state index < -0.39 is 0 Å². The molecule has 0 aliphatic heterocycles. The fourth-order valence-corrected chi connectivity index (χ4v) is 3.30. The van der Waals surface area contributed by atoms with Gasteiger partial charge in [-0.15, -0.1) is 0 Å². The van der Waals surface area contributed by atoms with Crippen molar-refractivity contribution in [1.82, 2.24) is 9.47 Å². The van der Waals surface area contributed by atoms with Crippen molar-refractivity contribution in [2.24, 2.45) is 4.99 Å². The lowest BCUT2D eigenvalue weighted by molar-refractivity contribution is 0.0997. The SMILES string of the molecule is CCN(Cc1ccc(C(=O)N=c2ccccn2Cc2ccccc2)cc1)C(C)C. The summed E-state index contributed by atoms with van der Waals surface area (Å²) >= 11 is 0. The molecular formula is C25H29N3O. The molecule has 0 N–H and O–H groups in total. The third-order valence-corrected chi connectivity index (χ3v) is 5.05. The highest BCUT2D eigenvalue weighted by Gasteiger charge is 2.09. The highest BCUT2D eigenvalue weighted by atomic mass is 16.1. The molecule has 2 aromatic carbocycles. The van der Waals surface area contributed by atoms with Crippen molar-refractivity contribution in [3.8, 4) is 0 Å². The van der Waals surface area contributed by atoms with E-state index in [1.165, 1.54) is 11.1 Å². The fourth-order valence-electron chi connectivity index (χ4n) is 3.30. The van der Waals surface area contributed by atoms with E-state index in [0.717, 1.165) is 13.1 Å². The first-order valence-electron chi connectivity index (χ1n) is 10.2. The molecule has 0 bridgehead atoms. The van der Waals surface area contributed by atoms with Gasteiger partial charge < -0.3 is 4.57 Å². The number of aromatic nitrogens is 1. The van der Waals surface area contributed by atoms with Gasteiger partial charge in [0.05, 0.1) is 0 Å². The van der Waals surface area contributed by atoms with E-state index in [1.807, 2.05) is 71.4 Å². The van der Waals surface area contributed by atoms with Crippen LogP contribution in [0.5, 0.6) is 0 Å². The Hall–Kier alpha value is -2.98. The Morgan fingerprint density at radius 2 is 1.62 bits per heavy atom. The monoisotopic (exact) mass is 387 g/mol. The summed E-state index contributed by atoms with van der Waals surface area (Å²) in [6.45, 7) is 9.13. The van der Waals surface area contributed by atoms with E-state index in [-0.39, 0.29) is 5.91 Å². The average molecular weight is 388 g/mol. The van der Waals surface area contributed by atoms with Crippen LogP contribution in [0.1, 0.15) is 42.3 Å². The molecule has 0 unspecified atom stereocenters. The maximum Gasteiger partial charge on any atom is 0.278 e. The number of amides is 1. The lowest BCUT2D eigenvalue weighted by atomic mass is 10.1. The van der Waals surface area contributed by atoms with Gasteiger partial charge in [-0.25, -0.2) is 0 Å². The maximum absolute atomic E-state index is 12.7. The zero-order valence-electron chi connectivity index (χ0n) is 17.5. The molecule has 0 aliphatic carbocycles. The Morgan fingerprint density at radius 3 is 2.28 bits per heavy atom. The minimum absolute atomic E-state index is 0.222. The quantitative estimate of drug-likeness (QED) is 0.598. The summed E-state index contributed by atoms with van der Waals surface area (Å²) < 4.78 is 1.99. The average Bonchev–Trinajstić information content (AvgIpc) is 2.74. The first-order valence-corrected chi connectivity index (χ1v) is 10.2. The number of hydrogen-bond acceptors (Lipinski definition) is 2. The maximum atomic E-state index is 12.7. The third-order valence-electron chi connectivity index (χ3n) is 5.05. The van der Waals surface area contributed by atoms with Crippen molar-refractivity contribution >= 4 is 5.91 Å². The molecule has 4 nitrogen and oxygen atoms in total. The molecule has 1 heterocycles. The highest BCUT2D eigenvalue weighted by molar-refractivity contribution is 5.94. The normalized spacial score (nSPS) is 12.0. The Bertz CT molecular complexity index is 988. The number of nitrogens with zero attached hydrogens (tertiary/aromatic N) is 3. The molecule has 3 aromatic rings. The zero-order chi connectivity index (χ0) is 20.6. The van der Waals surface area contributed by atoms with E-state index in [4.69, 9.17) is 0 Å². The van der Waals surface area contributed by atoms with Gasteiger partial charge in [0.15, 0.2) is 0 Å². The molecule has 0 saturated carbocycles. The number of benzene rings is 2. The topological polar surface area (TPSA) is 37.6 Å². The Balaban J connectivity index is 1.78. The number of pyridine rings is 1. The molecule has 1 aromatic heterocycles. The van der Waals surface area contributed by atoms with Gasteiger partial charge in [-0.05, 0) is 55.8 Å². The van der Waals surface area contributed by atoms with Gasteiger partial charge in [0.25, 0.3) is 5.91 Å². The van der Waals surface area contributed by atoms with Crippen molar-refractivity contribution in [1.29, 1.82) is 0 Å². The predicted molar refractivity (Wildman–Crippen MR) is 118 cm³/mol. The van der Waals surface area contributed by atoms with Gasteiger partial charge in [-0.3, -0.25) is 9.69 Å². The van der Waals surface area contributed by atoms with Gasteiger partial charge in [0.2, 0.25) is 0 Å². The van der Waals surface area contributed by atoms with Crippen LogP contribution in [0.25, 0.3) is 0 Å². The van der Waals surface area contributed by atoms with Gasteiger partial charge in [0, 0.05) is 30.9 Å². The summed E-state index contributed by atoms with van der Waals surface area (Å²) in [6, 6.07) is 24.2. The van der Waals surface area contributed by atoms with Crippen molar-refractivity contribution in [3.05, 3.63) is 101 Å². The Kier molecular flexibility index (Phi) is 7.14. The molecule has 1 amide bonds. The van der Waals surface area contributed by atoms with Gasteiger partial charge in [0.1, 0.15) is 5.49 Å². The molecule has 3 rings (SSSR count). The van der Waals surface area contributed by atoms with Crippen LogP contribution in [-0.4, -0.2) is 28.0 Å². The smallest absolute Gasteiger partial charge is 0.278 e. The van der Waals surface area contributed by atoms with Crippen LogP contribution >= 0.6 is 0 Å². The first kappa shape index (κ1) is 20.7. The van der Waals surface area contributed by atoms with Gasteiger partial charge in [-0.2, -0.15) is 4.99 Å². The van der Waals surface area contributed by atoms with Crippen molar-refractivity contribution < 1.29 is 4.79 Å². The summed E-state index contributed by atoms with van der Waals surface area (Å²) in [7, 11) is 0. The molecule has 0 saturated heterocycles. The Morgan fingerprint density at radius 1 is 0.931 bits per heavy atom. The summed E-state index contributed by atoms with van der Waals surface area (Å²) in [4.78, 5) is 19.5. The molecule has 0 aliphatic rings. The van der Waals surface area contributed by atoms with Crippen LogP contribution < -0.4 is 5.49 Å². The van der Waals surface area contributed by atoms with E-state index in [2.05, 4.69) is 42.8 Å². The van der Waals surface area contributed by atoms with Crippen LogP contribution in [0.15, 0.2) is 84.0 Å². The van der Waals surface area contributed by atoms with Crippen molar-refractivity contribution in [3.63, 3.8) is 0 Å². The molecule has 4 heteroatoms. The lowest BCUT2D eigenvalue weighted by Crippen LogP contribution is -2.29. The van der Waals surface area contributed by atoms with Crippen molar-refractivity contribution in [2.75, 3.05) is 6.54 Å². The first-order chi connectivity index (χ1) is 14.1. The fraction of sp³-hybridized carbons (Fsp3) is 0.280. The van der Waals surface area contributed by atoms with Crippen LogP contribution in [0.2, 0.25) is 0 Å². The van der Waals surface area contributed by atoms with Crippen LogP contribution in [0, 0.1) is 0 Å². The van der Waals surface area contributed by atoms with E-state index in [0.29, 0.717) is 23.6 Å². The van der Waals surface area contributed by atoms with Crippen LogP contribution in [0.4, 0.5) is 0 Å². The predicted octanol–water partition coefficient (Wildman–Crippen LogP) is 4.51. The lowest BCUT2D eigenvalue weighted by Gasteiger charge is -2.24. The van der Waals surface area contributed by atoms with E-state index >= 15 is 0 Å². The van der Waals surface area contributed by atoms with Crippen LogP contribution in [0.3, 0.4) is 0 Å². The molecule has 0 atom stereocenters. The third kappa shape index (κ3) is 5.75. The second-order valence-corrected chi connectivity index (χ2v) is 7.44. The molecule has 0 radical (unpaired) electrons. The number of carbonyl (C=O) groups is 1. The zero-order valence-corrected chi connectivity index (χ0v) is 17.5. The molecule has 29 heavy (non-hydrogen) atoms. The van der Waals surface area contributed by atoms with Crippen LogP contribution in [-0.2, 0) is 13.1 Å². The summed E-state index contributed by atoms with van der Waals surface area (Å²) in [5, 5.41) is 0. The second kappa shape index (κ2) is 9.99. The van der Waals surface area contributed by atoms with E-state index in [1.54, 1.807) is 0 Å². The number of carbonyl (C=O) groups excluding carboxylic acids is 1. The molecule has 150 valence electrons. The molecule has 0 spiro atoms. The van der Waals surface area contributed by atoms with Gasteiger partial charge in [-0.1, -0.05) is 55.5 Å². The second-order valence-electron chi connectivity index (χ2n) is 7.44. The largest absolute Gasteiger partial charge is 0.328 e. The van der Waals surface area contributed by atoms with Gasteiger partial charge >= 0.3 is 0 Å². The number of hydrogen-bond donors (Lipinski definition) is 0. The molecule has 0 fully saturated rings. The Labute approximate surface area is 173 Å². The summed E-state index contributed by atoms with van der Waals surface area (Å²) in [5.74, 6) is -0.222. The van der Waals surface area contributed by atoms with E-state index in [9.17, 15) is 4.79 Å².